The van der Waals surface area contributed by atoms with Crippen LogP contribution in [-0.2, 0) is 0 Å². The highest BCUT2D eigenvalue weighted by Crippen LogP contribution is 2.12. The maximum absolute atomic E-state index is 11.9. The summed E-state index contributed by atoms with van der Waals surface area (Å²) in [6, 6.07) is 12.1. The lowest BCUT2D eigenvalue weighted by Crippen LogP contribution is -2.19. The highest BCUT2D eigenvalue weighted by molar-refractivity contribution is 6.01. The zero-order valence-electron chi connectivity index (χ0n) is 12.3. The van der Waals surface area contributed by atoms with Crippen LogP contribution >= 0.6 is 0 Å². The first-order valence-corrected chi connectivity index (χ1v) is 6.68. The highest BCUT2D eigenvalue weighted by atomic mass is 16.3. The monoisotopic (exact) mass is 282 g/mol. The molecule has 0 atom stereocenters. The molecule has 21 heavy (non-hydrogen) atoms. The van der Waals surface area contributed by atoms with Crippen molar-refractivity contribution in [3.8, 4) is 5.75 Å². The Hall–Kier alpha value is -2.62. The first-order chi connectivity index (χ1) is 9.97. The number of aryl methyl sites for hydroxylation is 2. The molecule has 0 heterocycles. The van der Waals surface area contributed by atoms with Gasteiger partial charge >= 0.3 is 0 Å². The standard InChI is InChI=1S/C17H18N2O2/c1-11-4-9-16(12(2)10-11)13(3)18-19-17(21)14-5-7-15(20)8-6-14/h4-10,20H,1-3H3,(H,19,21)/b18-13+. The molecule has 4 nitrogen and oxygen atoms in total. The Kier molecular flexibility index (Phi) is 4.38. The molecule has 2 aromatic rings. The third-order valence-electron chi connectivity index (χ3n) is 3.23. The van der Waals surface area contributed by atoms with Crippen LogP contribution in [0.15, 0.2) is 47.6 Å². The van der Waals surface area contributed by atoms with Crippen molar-refractivity contribution in [3.05, 3.63) is 64.7 Å². The normalized spacial score (nSPS) is 11.3. The lowest BCUT2D eigenvalue weighted by molar-refractivity contribution is 0.0955. The fraction of sp³-hybridized carbons (Fsp3) is 0.176. The molecule has 0 bridgehead atoms. The van der Waals surface area contributed by atoms with Crippen LogP contribution in [-0.4, -0.2) is 16.7 Å². The second-order valence-electron chi connectivity index (χ2n) is 5.00. The number of phenolic OH excluding ortho intramolecular Hbond substituents is 1. The van der Waals surface area contributed by atoms with E-state index in [0.29, 0.717) is 5.56 Å². The number of nitrogens with one attached hydrogen (secondary N) is 1. The summed E-state index contributed by atoms with van der Waals surface area (Å²) in [5.74, 6) is -0.180. The van der Waals surface area contributed by atoms with Gasteiger partial charge in [-0.3, -0.25) is 4.79 Å². The van der Waals surface area contributed by atoms with E-state index in [4.69, 9.17) is 0 Å². The predicted molar refractivity (Wildman–Crippen MR) is 83.7 cm³/mol. The van der Waals surface area contributed by atoms with E-state index < -0.39 is 0 Å². The maximum atomic E-state index is 11.9. The maximum Gasteiger partial charge on any atom is 0.271 e. The molecule has 0 fully saturated rings. The van der Waals surface area contributed by atoms with Crippen LogP contribution in [0, 0.1) is 13.8 Å². The van der Waals surface area contributed by atoms with Gasteiger partial charge in [0, 0.05) is 11.1 Å². The van der Waals surface area contributed by atoms with E-state index in [9.17, 15) is 9.90 Å². The zero-order valence-corrected chi connectivity index (χ0v) is 12.3. The van der Waals surface area contributed by atoms with Crippen molar-refractivity contribution in [2.24, 2.45) is 5.10 Å². The summed E-state index contributed by atoms with van der Waals surface area (Å²) in [6.45, 7) is 5.91. The predicted octanol–water partition coefficient (Wildman–Crippen LogP) is 3.16. The van der Waals surface area contributed by atoms with Gasteiger partial charge in [-0.25, -0.2) is 5.43 Å². The van der Waals surface area contributed by atoms with Crippen LogP contribution in [0.5, 0.6) is 5.75 Å². The van der Waals surface area contributed by atoms with E-state index in [1.165, 1.54) is 17.7 Å². The van der Waals surface area contributed by atoms with Crippen molar-refractivity contribution in [2.75, 3.05) is 0 Å². The van der Waals surface area contributed by atoms with Crippen molar-refractivity contribution in [1.29, 1.82) is 0 Å². The van der Waals surface area contributed by atoms with Crippen LogP contribution in [0.25, 0.3) is 0 Å². The van der Waals surface area contributed by atoms with Crippen molar-refractivity contribution >= 4 is 11.6 Å². The van der Waals surface area contributed by atoms with E-state index in [-0.39, 0.29) is 11.7 Å². The van der Waals surface area contributed by atoms with E-state index >= 15 is 0 Å². The number of carbonyl (C=O) groups excluding carboxylic acids is 1. The first kappa shape index (κ1) is 14.8. The summed E-state index contributed by atoms with van der Waals surface area (Å²) >= 11 is 0. The second kappa shape index (κ2) is 6.22. The molecular weight excluding hydrogens is 264 g/mol. The van der Waals surface area contributed by atoms with E-state index in [1.807, 2.05) is 32.9 Å². The average Bonchev–Trinajstić information content (AvgIpc) is 2.45. The Bertz CT molecular complexity index is 688. The number of phenols is 1. The molecule has 0 unspecified atom stereocenters. The molecule has 0 aromatic heterocycles. The minimum Gasteiger partial charge on any atom is -0.508 e. The van der Waals surface area contributed by atoms with Gasteiger partial charge in [-0.05, 0) is 50.6 Å². The minimum absolute atomic E-state index is 0.126. The van der Waals surface area contributed by atoms with Crippen molar-refractivity contribution < 1.29 is 9.90 Å². The summed E-state index contributed by atoms with van der Waals surface area (Å²) in [5, 5.41) is 13.3. The molecule has 4 heteroatoms. The summed E-state index contributed by atoms with van der Waals surface area (Å²) in [6.07, 6.45) is 0. The van der Waals surface area contributed by atoms with Gasteiger partial charge in [-0.1, -0.05) is 23.8 Å². The van der Waals surface area contributed by atoms with Gasteiger partial charge in [-0.15, -0.1) is 0 Å². The Morgan fingerprint density at radius 2 is 1.76 bits per heavy atom. The van der Waals surface area contributed by atoms with Crippen molar-refractivity contribution in [3.63, 3.8) is 0 Å². The van der Waals surface area contributed by atoms with Crippen LogP contribution in [0.2, 0.25) is 0 Å². The number of aromatic hydroxyl groups is 1. The second-order valence-corrected chi connectivity index (χ2v) is 5.00. The number of hydrazone groups is 1. The average molecular weight is 282 g/mol. The Morgan fingerprint density at radius 1 is 1.10 bits per heavy atom. The van der Waals surface area contributed by atoms with Gasteiger partial charge in [0.25, 0.3) is 5.91 Å². The van der Waals surface area contributed by atoms with E-state index in [1.54, 1.807) is 12.1 Å². The van der Waals surface area contributed by atoms with Gasteiger partial charge in [0.2, 0.25) is 0 Å². The van der Waals surface area contributed by atoms with Gasteiger partial charge < -0.3 is 5.11 Å². The van der Waals surface area contributed by atoms with Crippen molar-refractivity contribution in [2.45, 2.75) is 20.8 Å². The molecule has 0 aliphatic heterocycles. The first-order valence-electron chi connectivity index (χ1n) is 6.68. The highest BCUT2D eigenvalue weighted by Gasteiger charge is 2.06. The number of hydrogen-bond acceptors (Lipinski definition) is 3. The number of hydrogen-bond donors (Lipinski definition) is 2. The third kappa shape index (κ3) is 3.69. The lowest BCUT2D eigenvalue weighted by atomic mass is 10.0. The minimum atomic E-state index is -0.306. The smallest absolute Gasteiger partial charge is 0.271 e. The molecule has 2 aromatic carbocycles. The van der Waals surface area contributed by atoms with E-state index in [0.717, 1.165) is 16.8 Å². The zero-order chi connectivity index (χ0) is 15.4. The molecule has 108 valence electrons. The summed E-state index contributed by atoms with van der Waals surface area (Å²) in [4.78, 5) is 11.9. The van der Waals surface area contributed by atoms with Gasteiger partial charge in [0.1, 0.15) is 5.75 Å². The number of benzene rings is 2. The molecule has 0 aliphatic carbocycles. The van der Waals surface area contributed by atoms with Crippen LogP contribution in [0.3, 0.4) is 0 Å². The largest absolute Gasteiger partial charge is 0.508 e. The third-order valence-corrected chi connectivity index (χ3v) is 3.23. The molecular formula is C17H18N2O2. The summed E-state index contributed by atoms with van der Waals surface area (Å²) in [5.41, 5.74) is 7.04. The van der Waals surface area contributed by atoms with Gasteiger partial charge in [-0.2, -0.15) is 5.10 Å². The van der Waals surface area contributed by atoms with Gasteiger partial charge in [0.05, 0.1) is 5.71 Å². The quantitative estimate of drug-likeness (QED) is 0.671. The Balaban J connectivity index is 2.12. The molecule has 0 saturated heterocycles. The SMILES string of the molecule is C/C(=N\NC(=O)c1ccc(O)cc1)c1ccc(C)cc1C. The Morgan fingerprint density at radius 3 is 2.38 bits per heavy atom. The number of carbonyl (C=O) groups is 1. The Labute approximate surface area is 124 Å². The van der Waals surface area contributed by atoms with Crippen molar-refractivity contribution in [1.82, 2.24) is 5.43 Å². The van der Waals surface area contributed by atoms with Crippen LogP contribution in [0.1, 0.15) is 34.0 Å². The number of amides is 1. The van der Waals surface area contributed by atoms with Gasteiger partial charge in [0.15, 0.2) is 0 Å². The molecule has 0 saturated carbocycles. The molecule has 0 radical (unpaired) electrons. The fourth-order valence-electron chi connectivity index (χ4n) is 2.09. The molecule has 2 N–H and O–H groups in total. The topological polar surface area (TPSA) is 61.7 Å². The van der Waals surface area contributed by atoms with Crippen LogP contribution < -0.4 is 5.43 Å². The summed E-state index contributed by atoms with van der Waals surface area (Å²) in [7, 11) is 0. The number of rotatable bonds is 3. The van der Waals surface area contributed by atoms with Crippen LogP contribution in [0.4, 0.5) is 0 Å². The number of nitrogens with zero attached hydrogens (tertiary/aromatic N) is 1. The molecule has 2 rings (SSSR count). The van der Waals surface area contributed by atoms with E-state index in [2.05, 4.69) is 16.6 Å². The summed E-state index contributed by atoms with van der Waals surface area (Å²) < 4.78 is 0. The molecule has 0 spiro atoms. The lowest BCUT2D eigenvalue weighted by Gasteiger charge is -2.07. The fourth-order valence-corrected chi connectivity index (χ4v) is 2.09. The molecule has 0 aliphatic rings. The molecule has 1 amide bonds.